The first-order chi connectivity index (χ1) is 7.34. The quantitative estimate of drug-likeness (QED) is 0.709. The van der Waals surface area contributed by atoms with E-state index in [9.17, 15) is 0 Å². The van der Waals surface area contributed by atoms with Crippen LogP contribution in [0.1, 0.15) is 51.4 Å². The first-order valence-corrected chi connectivity index (χ1v) is 6.82. The molecule has 1 heterocycles. The third kappa shape index (κ3) is 3.76. The number of nitrogens with two attached hydrogens (primary N) is 1. The van der Waals surface area contributed by atoms with E-state index in [1.54, 1.807) is 0 Å². The lowest BCUT2D eigenvalue weighted by molar-refractivity contribution is 0.173. The lowest BCUT2D eigenvalue weighted by Gasteiger charge is -2.33. The fourth-order valence-corrected chi connectivity index (χ4v) is 3.17. The predicted octanol–water partition coefficient (Wildman–Crippen LogP) is 2.38. The highest BCUT2D eigenvalue weighted by molar-refractivity contribution is 4.77. The van der Waals surface area contributed by atoms with Crippen molar-refractivity contribution in [2.45, 2.75) is 57.4 Å². The summed E-state index contributed by atoms with van der Waals surface area (Å²) in [7, 11) is 0. The second-order valence-electron chi connectivity index (χ2n) is 5.52. The van der Waals surface area contributed by atoms with Crippen molar-refractivity contribution in [3.8, 4) is 0 Å². The van der Waals surface area contributed by atoms with E-state index in [0.717, 1.165) is 12.5 Å². The van der Waals surface area contributed by atoms with Crippen molar-refractivity contribution in [2.24, 2.45) is 11.7 Å². The molecule has 2 fully saturated rings. The molecule has 1 unspecified atom stereocenters. The fraction of sp³-hybridized carbons (Fsp3) is 1.00. The normalized spacial score (nSPS) is 31.4. The minimum Gasteiger partial charge on any atom is -0.327 e. The van der Waals surface area contributed by atoms with Crippen molar-refractivity contribution in [2.75, 3.05) is 19.6 Å². The lowest BCUT2D eigenvalue weighted by atomic mass is 9.98. The zero-order valence-corrected chi connectivity index (χ0v) is 9.96. The van der Waals surface area contributed by atoms with Crippen molar-refractivity contribution < 1.29 is 0 Å². The largest absolute Gasteiger partial charge is 0.327 e. The summed E-state index contributed by atoms with van der Waals surface area (Å²) in [5.41, 5.74) is 6.02. The summed E-state index contributed by atoms with van der Waals surface area (Å²) in [6.07, 6.45) is 11.3. The van der Waals surface area contributed by atoms with Crippen LogP contribution < -0.4 is 5.73 Å². The molecule has 1 aliphatic heterocycles. The molecule has 0 spiro atoms. The molecule has 0 amide bonds. The van der Waals surface area contributed by atoms with E-state index < -0.39 is 0 Å². The Hall–Kier alpha value is -0.0800. The highest BCUT2D eigenvalue weighted by atomic mass is 15.1. The molecule has 2 heteroatoms. The molecule has 0 aromatic heterocycles. The van der Waals surface area contributed by atoms with E-state index in [-0.39, 0.29) is 0 Å². The molecular weight excluding hydrogens is 184 g/mol. The van der Waals surface area contributed by atoms with Crippen LogP contribution in [0.2, 0.25) is 0 Å². The minimum absolute atomic E-state index is 0.449. The third-order valence-corrected chi connectivity index (χ3v) is 4.03. The van der Waals surface area contributed by atoms with Gasteiger partial charge in [0.15, 0.2) is 0 Å². The van der Waals surface area contributed by atoms with E-state index in [4.69, 9.17) is 5.73 Å². The molecule has 2 N–H and O–H groups in total. The second kappa shape index (κ2) is 5.86. The highest BCUT2D eigenvalue weighted by Crippen LogP contribution is 2.24. The number of nitrogens with zero attached hydrogens (tertiary/aromatic N) is 1. The standard InChI is InChI=1S/C13H26N2/c14-13-8-5-9-15(11-13)10-12-6-3-1-2-4-7-12/h12-13H,1-11,14H2. The molecule has 15 heavy (non-hydrogen) atoms. The average Bonchev–Trinajstić information content (AvgIpc) is 2.46. The number of hydrogen-bond acceptors (Lipinski definition) is 2. The summed E-state index contributed by atoms with van der Waals surface area (Å²) in [6, 6.07) is 0.449. The molecule has 0 aromatic carbocycles. The Morgan fingerprint density at radius 1 is 0.933 bits per heavy atom. The van der Waals surface area contributed by atoms with Crippen LogP contribution in [0.15, 0.2) is 0 Å². The Balaban J connectivity index is 1.74. The average molecular weight is 210 g/mol. The summed E-state index contributed by atoms with van der Waals surface area (Å²) < 4.78 is 0. The van der Waals surface area contributed by atoms with Gasteiger partial charge in [0.1, 0.15) is 0 Å². The maximum absolute atomic E-state index is 6.02. The molecule has 2 nitrogen and oxygen atoms in total. The number of likely N-dealkylation sites (tertiary alicyclic amines) is 1. The third-order valence-electron chi connectivity index (χ3n) is 4.03. The summed E-state index contributed by atoms with van der Waals surface area (Å²) in [4.78, 5) is 2.62. The molecule has 0 aromatic rings. The zero-order chi connectivity index (χ0) is 10.5. The van der Waals surface area contributed by atoms with E-state index in [1.165, 1.54) is 64.5 Å². The molecule has 1 atom stereocenters. The molecule has 2 rings (SSSR count). The summed E-state index contributed by atoms with van der Waals surface area (Å²) >= 11 is 0. The molecule has 2 aliphatic rings. The topological polar surface area (TPSA) is 29.3 Å². The Morgan fingerprint density at radius 2 is 1.67 bits per heavy atom. The summed E-state index contributed by atoms with van der Waals surface area (Å²) in [5, 5.41) is 0. The van der Waals surface area contributed by atoms with Crippen LogP contribution in [0.4, 0.5) is 0 Å². The van der Waals surface area contributed by atoms with Gasteiger partial charge in [0.05, 0.1) is 0 Å². The van der Waals surface area contributed by atoms with Crippen molar-refractivity contribution in [3.05, 3.63) is 0 Å². The van der Waals surface area contributed by atoms with Gasteiger partial charge >= 0.3 is 0 Å². The van der Waals surface area contributed by atoms with Gasteiger partial charge in [-0.2, -0.15) is 0 Å². The van der Waals surface area contributed by atoms with Crippen LogP contribution in [-0.4, -0.2) is 30.6 Å². The zero-order valence-electron chi connectivity index (χ0n) is 9.96. The van der Waals surface area contributed by atoms with Crippen molar-refractivity contribution in [1.29, 1.82) is 0 Å². The van der Waals surface area contributed by atoms with Gasteiger partial charge in [-0.3, -0.25) is 0 Å². The Morgan fingerprint density at radius 3 is 2.33 bits per heavy atom. The van der Waals surface area contributed by atoms with E-state index >= 15 is 0 Å². The Kier molecular flexibility index (Phi) is 4.45. The molecule has 1 saturated heterocycles. The van der Waals surface area contributed by atoms with Crippen LogP contribution in [0.3, 0.4) is 0 Å². The lowest BCUT2D eigenvalue weighted by Crippen LogP contribution is -2.44. The van der Waals surface area contributed by atoms with Gasteiger partial charge in [0.2, 0.25) is 0 Å². The van der Waals surface area contributed by atoms with Crippen molar-refractivity contribution in [3.63, 3.8) is 0 Å². The maximum atomic E-state index is 6.02. The highest BCUT2D eigenvalue weighted by Gasteiger charge is 2.20. The van der Waals surface area contributed by atoms with E-state index in [1.807, 2.05) is 0 Å². The van der Waals surface area contributed by atoms with E-state index in [2.05, 4.69) is 4.90 Å². The van der Waals surface area contributed by atoms with Crippen molar-refractivity contribution >= 4 is 0 Å². The number of piperidine rings is 1. The van der Waals surface area contributed by atoms with Gasteiger partial charge in [0.25, 0.3) is 0 Å². The van der Waals surface area contributed by atoms with E-state index in [0.29, 0.717) is 6.04 Å². The summed E-state index contributed by atoms with van der Waals surface area (Å²) in [6.45, 7) is 3.77. The van der Waals surface area contributed by atoms with Crippen LogP contribution >= 0.6 is 0 Å². The minimum atomic E-state index is 0.449. The molecule has 0 bridgehead atoms. The predicted molar refractivity (Wildman–Crippen MR) is 64.8 cm³/mol. The molecular formula is C13H26N2. The first-order valence-electron chi connectivity index (χ1n) is 6.82. The van der Waals surface area contributed by atoms with Crippen LogP contribution in [-0.2, 0) is 0 Å². The van der Waals surface area contributed by atoms with Gasteiger partial charge in [-0.1, -0.05) is 25.7 Å². The maximum Gasteiger partial charge on any atom is 0.0168 e. The molecule has 88 valence electrons. The van der Waals surface area contributed by atoms with Gasteiger partial charge in [-0.25, -0.2) is 0 Å². The smallest absolute Gasteiger partial charge is 0.0168 e. The molecule has 0 radical (unpaired) electrons. The number of rotatable bonds is 2. The van der Waals surface area contributed by atoms with Gasteiger partial charge in [-0.15, -0.1) is 0 Å². The monoisotopic (exact) mass is 210 g/mol. The van der Waals surface area contributed by atoms with Gasteiger partial charge in [-0.05, 0) is 38.1 Å². The first kappa shape index (κ1) is 11.4. The van der Waals surface area contributed by atoms with Crippen LogP contribution in [0.5, 0.6) is 0 Å². The second-order valence-corrected chi connectivity index (χ2v) is 5.52. The van der Waals surface area contributed by atoms with Gasteiger partial charge < -0.3 is 10.6 Å². The van der Waals surface area contributed by atoms with Gasteiger partial charge in [0, 0.05) is 19.1 Å². The Bertz CT molecular complexity index is 173. The Labute approximate surface area is 94.2 Å². The number of hydrogen-bond donors (Lipinski definition) is 1. The summed E-state index contributed by atoms with van der Waals surface area (Å²) in [5.74, 6) is 0.970. The van der Waals surface area contributed by atoms with Crippen LogP contribution in [0.25, 0.3) is 0 Å². The molecule has 1 saturated carbocycles. The van der Waals surface area contributed by atoms with Crippen molar-refractivity contribution in [1.82, 2.24) is 4.90 Å². The fourth-order valence-electron chi connectivity index (χ4n) is 3.17. The SMILES string of the molecule is NC1CCCN(CC2CCCCCC2)C1. The van der Waals surface area contributed by atoms with Crippen LogP contribution in [0, 0.1) is 5.92 Å². The molecule has 1 aliphatic carbocycles.